The summed E-state index contributed by atoms with van der Waals surface area (Å²) < 4.78 is 0. The Kier molecular flexibility index (Phi) is 2.74. The molecule has 0 amide bonds. The summed E-state index contributed by atoms with van der Waals surface area (Å²) in [6, 6.07) is 14.2. The maximum atomic E-state index is 5.63. The number of aromatic nitrogens is 2. The van der Waals surface area contributed by atoms with Gasteiger partial charge in [-0.05, 0) is 23.8 Å². The van der Waals surface area contributed by atoms with Crippen molar-refractivity contribution in [3.05, 3.63) is 60.4 Å². The van der Waals surface area contributed by atoms with Crippen LogP contribution < -0.4 is 5.73 Å². The molecule has 2 aromatic heterocycles. The van der Waals surface area contributed by atoms with Crippen molar-refractivity contribution >= 4 is 10.9 Å². The topological polar surface area (TPSA) is 51.8 Å². The molecule has 0 radical (unpaired) electrons. The van der Waals surface area contributed by atoms with Crippen LogP contribution in [0.4, 0.5) is 0 Å². The predicted octanol–water partition coefficient (Wildman–Crippen LogP) is 2.76. The van der Waals surface area contributed by atoms with Crippen molar-refractivity contribution < 1.29 is 0 Å². The summed E-state index contributed by atoms with van der Waals surface area (Å²) in [6.45, 7) is 0.494. The van der Waals surface area contributed by atoms with Crippen molar-refractivity contribution in [3.8, 4) is 11.3 Å². The van der Waals surface area contributed by atoms with Crippen LogP contribution in [0.3, 0.4) is 0 Å². The Labute approximate surface area is 105 Å². The lowest BCUT2D eigenvalue weighted by molar-refractivity contribution is 1.05. The van der Waals surface area contributed by atoms with Gasteiger partial charge in [0.1, 0.15) is 0 Å². The largest absolute Gasteiger partial charge is 0.326 e. The van der Waals surface area contributed by atoms with Crippen LogP contribution in [0.15, 0.2) is 54.9 Å². The molecule has 0 aliphatic heterocycles. The minimum atomic E-state index is 0.494. The van der Waals surface area contributed by atoms with E-state index in [0.29, 0.717) is 6.54 Å². The molecule has 0 atom stereocenters. The fourth-order valence-electron chi connectivity index (χ4n) is 1.97. The summed E-state index contributed by atoms with van der Waals surface area (Å²) in [5, 5.41) is 1.14. The number of rotatable bonds is 2. The summed E-state index contributed by atoms with van der Waals surface area (Å²) in [5.74, 6) is 0. The Morgan fingerprint density at radius 2 is 1.89 bits per heavy atom. The summed E-state index contributed by atoms with van der Waals surface area (Å²) in [4.78, 5) is 8.83. The Hall–Kier alpha value is -2.26. The highest BCUT2D eigenvalue weighted by molar-refractivity contribution is 5.81. The lowest BCUT2D eigenvalue weighted by Gasteiger charge is -2.04. The molecule has 0 spiro atoms. The van der Waals surface area contributed by atoms with E-state index >= 15 is 0 Å². The van der Waals surface area contributed by atoms with Crippen LogP contribution in [0, 0.1) is 0 Å². The number of hydrogen-bond donors (Lipinski definition) is 1. The van der Waals surface area contributed by atoms with Gasteiger partial charge in [-0.1, -0.05) is 24.3 Å². The van der Waals surface area contributed by atoms with E-state index in [1.54, 1.807) is 6.20 Å². The number of fused-ring (bicyclic) bond motifs is 1. The number of nitrogens with two attached hydrogens (primary N) is 1. The smallest absolute Gasteiger partial charge is 0.0725 e. The average molecular weight is 235 g/mol. The van der Waals surface area contributed by atoms with Gasteiger partial charge in [-0.3, -0.25) is 4.98 Å². The van der Waals surface area contributed by atoms with Crippen LogP contribution in [0.2, 0.25) is 0 Å². The van der Waals surface area contributed by atoms with Crippen LogP contribution in [0.5, 0.6) is 0 Å². The lowest BCUT2D eigenvalue weighted by Crippen LogP contribution is -1.97. The van der Waals surface area contributed by atoms with Crippen LogP contribution >= 0.6 is 0 Å². The zero-order valence-electron chi connectivity index (χ0n) is 9.88. The number of nitrogens with zero attached hydrogens (tertiary/aromatic N) is 2. The van der Waals surface area contributed by atoms with Crippen LogP contribution in [-0.4, -0.2) is 9.97 Å². The molecular weight excluding hydrogens is 222 g/mol. The van der Waals surface area contributed by atoms with Gasteiger partial charge in [-0.25, -0.2) is 4.98 Å². The maximum absolute atomic E-state index is 5.63. The first-order valence-electron chi connectivity index (χ1n) is 5.87. The molecule has 0 aliphatic rings. The molecule has 3 aromatic rings. The first-order chi connectivity index (χ1) is 8.86. The second-order valence-corrected chi connectivity index (χ2v) is 4.18. The fourth-order valence-corrected chi connectivity index (χ4v) is 1.97. The quantitative estimate of drug-likeness (QED) is 0.743. The first kappa shape index (κ1) is 10.9. The van der Waals surface area contributed by atoms with Crippen LogP contribution in [-0.2, 0) is 6.54 Å². The maximum Gasteiger partial charge on any atom is 0.0725 e. The highest BCUT2D eigenvalue weighted by Crippen LogP contribution is 2.20. The third kappa shape index (κ3) is 1.96. The van der Waals surface area contributed by atoms with Gasteiger partial charge in [-0.15, -0.1) is 0 Å². The van der Waals surface area contributed by atoms with E-state index in [2.05, 4.69) is 22.1 Å². The third-order valence-corrected chi connectivity index (χ3v) is 2.92. The van der Waals surface area contributed by atoms with Crippen molar-refractivity contribution in [2.24, 2.45) is 5.73 Å². The molecule has 0 unspecified atom stereocenters. The van der Waals surface area contributed by atoms with E-state index in [9.17, 15) is 0 Å². The number of hydrogen-bond acceptors (Lipinski definition) is 3. The summed E-state index contributed by atoms with van der Waals surface area (Å²) in [7, 11) is 0. The first-order valence-corrected chi connectivity index (χ1v) is 5.87. The zero-order chi connectivity index (χ0) is 12.4. The molecule has 0 saturated heterocycles. The average Bonchev–Trinajstić information content (AvgIpc) is 2.47. The van der Waals surface area contributed by atoms with Gasteiger partial charge in [0.25, 0.3) is 0 Å². The van der Waals surface area contributed by atoms with Gasteiger partial charge in [0.05, 0.1) is 11.2 Å². The molecule has 2 N–H and O–H groups in total. The van der Waals surface area contributed by atoms with Crippen molar-refractivity contribution in [2.45, 2.75) is 6.54 Å². The highest BCUT2D eigenvalue weighted by Gasteiger charge is 2.02. The van der Waals surface area contributed by atoms with E-state index < -0.39 is 0 Å². The molecule has 3 nitrogen and oxygen atoms in total. The summed E-state index contributed by atoms with van der Waals surface area (Å²) in [5.41, 5.74) is 9.57. The van der Waals surface area contributed by atoms with E-state index in [-0.39, 0.29) is 0 Å². The standard InChI is InChI=1S/C15H13N3/c16-8-11-7-13(10-17-9-11)15-6-5-12-3-1-2-4-14(12)18-15/h1-7,9-10H,8,16H2. The molecule has 88 valence electrons. The fraction of sp³-hybridized carbons (Fsp3) is 0.0667. The summed E-state index contributed by atoms with van der Waals surface area (Å²) >= 11 is 0. The number of para-hydroxylation sites is 1. The number of benzene rings is 1. The Balaban J connectivity index is 2.13. The van der Waals surface area contributed by atoms with Gasteiger partial charge in [0.15, 0.2) is 0 Å². The van der Waals surface area contributed by atoms with Crippen molar-refractivity contribution in [2.75, 3.05) is 0 Å². The van der Waals surface area contributed by atoms with Gasteiger partial charge in [0, 0.05) is 29.9 Å². The molecule has 1 aromatic carbocycles. The molecule has 0 saturated carbocycles. The van der Waals surface area contributed by atoms with E-state index in [1.807, 2.05) is 36.5 Å². The second-order valence-electron chi connectivity index (χ2n) is 4.18. The molecule has 0 aliphatic carbocycles. The van der Waals surface area contributed by atoms with Gasteiger partial charge >= 0.3 is 0 Å². The van der Waals surface area contributed by atoms with Crippen molar-refractivity contribution in [1.82, 2.24) is 9.97 Å². The summed E-state index contributed by atoms with van der Waals surface area (Å²) in [6.07, 6.45) is 3.60. The predicted molar refractivity (Wildman–Crippen MR) is 72.9 cm³/mol. The van der Waals surface area contributed by atoms with E-state index in [4.69, 9.17) is 5.73 Å². The molecule has 3 rings (SSSR count). The Bertz CT molecular complexity index is 692. The minimum Gasteiger partial charge on any atom is -0.326 e. The second kappa shape index (κ2) is 4.55. The van der Waals surface area contributed by atoms with Crippen molar-refractivity contribution in [3.63, 3.8) is 0 Å². The van der Waals surface area contributed by atoms with Gasteiger partial charge < -0.3 is 5.73 Å². The molecule has 2 heterocycles. The molecular formula is C15H13N3. The lowest BCUT2D eigenvalue weighted by atomic mass is 10.1. The van der Waals surface area contributed by atoms with Crippen LogP contribution in [0.1, 0.15) is 5.56 Å². The van der Waals surface area contributed by atoms with E-state index in [0.717, 1.165) is 27.7 Å². The van der Waals surface area contributed by atoms with Gasteiger partial charge in [0.2, 0.25) is 0 Å². The molecule has 18 heavy (non-hydrogen) atoms. The molecule has 0 fully saturated rings. The minimum absolute atomic E-state index is 0.494. The van der Waals surface area contributed by atoms with Crippen LogP contribution in [0.25, 0.3) is 22.2 Å². The third-order valence-electron chi connectivity index (χ3n) is 2.92. The van der Waals surface area contributed by atoms with Gasteiger partial charge in [-0.2, -0.15) is 0 Å². The SMILES string of the molecule is NCc1cncc(-c2ccc3ccccc3n2)c1. The van der Waals surface area contributed by atoms with Crippen molar-refractivity contribution in [1.29, 1.82) is 0 Å². The molecule has 0 bridgehead atoms. The Morgan fingerprint density at radius 1 is 1.00 bits per heavy atom. The normalized spacial score (nSPS) is 10.7. The van der Waals surface area contributed by atoms with E-state index in [1.165, 1.54) is 0 Å². The zero-order valence-corrected chi connectivity index (χ0v) is 9.88. The Morgan fingerprint density at radius 3 is 2.78 bits per heavy atom. The number of pyridine rings is 2. The molecule has 3 heteroatoms. The highest BCUT2D eigenvalue weighted by atomic mass is 14.7. The monoisotopic (exact) mass is 235 g/mol.